The van der Waals surface area contributed by atoms with E-state index in [1.54, 1.807) is 0 Å². The van der Waals surface area contributed by atoms with E-state index in [9.17, 15) is 4.79 Å². The first-order chi connectivity index (χ1) is 7.74. The fraction of sp³-hybridized carbons (Fsp3) is 0.462. The van der Waals surface area contributed by atoms with Crippen molar-refractivity contribution in [1.29, 1.82) is 0 Å². The summed E-state index contributed by atoms with van der Waals surface area (Å²) in [7, 11) is 0. The molecule has 1 aliphatic carbocycles. The number of carbonyl (C=O) groups is 1. The van der Waals surface area contributed by atoms with Crippen molar-refractivity contribution in [1.82, 2.24) is 4.90 Å². The Kier molecular flexibility index (Phi) is 2.21. The van der Waals surface area contributed by atoms with Gasteiger partial charge in [0.05, 0.1) is 0 Å². The molecule has 0 spiro atoms. The maximum Gasteiger partial charge on any atom is 0.226 e. The van der Waals surface area contributed by atoms with Crippen LogP contribution in [0.25, 0.3) is 0 Å². The molecule has 2 N–H and O–H groups in total. The number of fused-ring (bicyclic) bond motifs is 1. The second-order valence-electron chi connectivity index (χ2n) is 4.88. The van der Waals surface area contributed by atoms with Crippen LogP contribution in [0.4, 0.5) is 0 Å². The van der Waals surface area contributed by atoms with Crippen LogP contribution in [-0.4, -0.2) is 29.9 Å². The van der Waals surface area contributed by atoms with Crippen LogP contribution in [0.15, 0.2) is 24.3 Å². The van der Waals surface area contributed by atoms with Crippen molar-refractivity contribution < 1.29 is 4.79 Å². The number of hydrogen-bond donors (Lipinski definition) is 1. The molecule has 1 heterocycles. The second kappa shape index (κ2) is 3.59. The quantitative estimate of drug-likeness (QED) is 0.746. The normalized spacial score (nSPS) is 20.7. The van der Waals surface area contributed by atoms with Crippen LogP contribution >= 0.6 is 0 Å². The highest BCUT2D eigenvalue weighted by Gasteiger charge is 2.35. The lowest BCUT2D eigenvalue weighted by molar-refractivity contribution is -0.139. The zero-order valence-corrected chi connectivity index (χ0v) is 9.23. The lowest BCUT2D eigenvalue weighted by Gasteiger charge is -2.38. The highest BCUT2D eigenvalue weighted by molar-refractivity contribution is 5.81. The number of carbonyl (C=O) groups excluding carboxylic acids is 1. The minimum Gasteiger partial charge on any atom is -0.339 e. The average Bonchev–Trinajstić information content (AvgIpc) is 2.67. The number of rotatable bonds is 1. The Hall–Kier alpha value is -1.35. The summed E-state index contributed by atoms with van der Waals surface area (Å²) in [5.41, 5.74) is 8.37. The van der Waals surface area contributed by atoms with E-state index in [2.05, 4.69) is 12.1 Å². The molecule has 0 unspecified atom stereocenters. The van der Waals surface area contributed by atoms with Crippen LogP contribution < -0.4 is 5.73 Å². The van der Waals surface area contributed by atoms with Gasteiger partial charge in [-0.25, -0.2) is 0 Å². The number of benzene rings is 1. The predicted molar refractivity (Wildman–Crippen MR) is 61.9 cm³/mol. The third-order valence-electron chi connectivity index (χ3n) is 3.62. The van der Waals surface area contributed by atoms with E-state index >= 15 is 0 Å². The van der Waals surface area contributed by atoms with Gasteiger partial charge in [-0.2, -0.15) is 0 Å². The second-order valence-corrected chi connectivity index (χ2v) is 4.88. The van der Waals surface area contributed by atoms with E-state index < -0.39 is 0 Å². The standard InChI is InChI=1S/C13H16N2O/c14-12-7-15(8-12)13(16)11-5-9-3-1-2-4-10(9)6-11/h1-4,11-12H,5-8,14H2. The molecule has 3 heteroatoms. The van der Waals surface area contributed by atoms with Gasteiger partial charge in [-0.15, -0.1) is 0 Å². The average molecular weight is 216 g/mol. The molecule has 1 amide bonds. The van der Waals surface area contributed by atoms with Crippen molar-refractivity contribution >= 4 is 5.91 Å². The molecule has 1 aliphatic heterocycles. The third-order valence-corrected chi connectivity index (χ3v) is 3.62. The molecular weight excluding hydrogens is 200 g/mol. The Morgan fingerprint density at radius 3 is 2.25 bits per heavy atom. The Bertz CT molecular complexity index is 399. The molecule has 0 saturated carbocycles. The SMILES string of the molecule is NC1CN(C(=O)C2Cc3ccccc3C2)C1. The van der Waals surface area contributed by atoms with Crippen molar-refractivity contribution in [3.05, 3.63) is 35.4 Å². The minimum absolute atomic E-state index is 0.157. The maximum atomic E-state index is 12.1. The zero-order valence-electron chi connectivity index (χ0n) is 9.23. The van der Waals surface area contributed by atoms with Crippen LogP contribution in [0.1, 0.15) is 11.1 Å². The largest absolute Gasteiger partial charge is 0.339 e. The molecule has 3 rings (SSSR count). The molecule has 0 aromatic heterocycles. The summed E-state index contributed by atoms with van der Waals surface area (Å²) in [6.45, 7) is 1.48. The van der Waals surface area contributed by atoms with Crippen molar-refractivity contribution in [3.8, 4) is 0 Å². The van der Waals surface area contributed by atoms with Gasteiger partial charge in [0, 0.05) is 25.0 Å². The fourth-order valence-electron chi connectivity index (χ4n) is 2.68. The van der Waals surface area contributed by atoms with E-state index in [4.69, 9.17) is 5.73 Å². The molecule has 1 fully saturated rings. The van der Waals surface area contributed by atoms with Crippen molar-refractivity contribution in [3.63, 3.8) is 0 Å². The monoisotopic (exact) mass is 216 g/mol. The Labute approximate surface area is 95.2 Å². The molecular formula is C13H16N2O. The van der Waals surface area contributed by atoms with E-state index in [0.29, 0.717) is 0 Å². The van der Waals surface area contributed by atoms with Crippen LogP contribution in [0.5, 0.6) is 0 Å². The maximum absolute atomic E-state index is 12.1. The zero-order chi connectivity index (χ0) is 11.1. The lowest BCUT2D eigenvalue weighted by atomic mass is 10.0. The summed E-state index contributed by atoms with van der Waals surface area (Å²) in [5, 5.41) is 0. The van der Waals surface area contributed by atoms with Crippen LogP contribution in [0, 0.1) is 5.92 Å². The van der Waals surface area contributed by atoms with Gasteiger partial charge in [-0.3, -0.25) is 4.79 Å². The number of hydrogen-bond acceptors (Lipinski definition) is 2. The lowest BCUT2D eigenvalue weighted by Crippen LogP contribution is -2.59. The van der Waals surface area contributed by atoms with Crippen LogP contribution in [-0.2, 0) is 17.6 Å². The molecule has 0 radical (unpaired) electrons. The predicted octanol–water partition coefficient (Wildman–Crippen LogP) is 0.571. The van der Waals surface area contributed by atoms with Gasteiger partial charge in [0.1, 0.15) is 0 Å². The first kappa shape index (κ1) is 9.85. The summed E-state index contributed by atoms with van der Waals surface area (Å²) in [6.07, 6.45) is 1.81. The summed E-state index contributed by atoms with van der Waals surface area (Å²) in [5.74, 6) is 0.447. The van der Waals surface area contributed by atoms with E-state index in [-0.39, 0.29) is 17.9 Å². The summed E-state index contributed by atoms with van der Waals surface area (Å²) >= 11 is 0. The van der Waals surface area contributed by atoms with Crippen molar-refractivity contribution in [2.75, 3.05) is 13.1 Å². The van der Waals surface area contributed by atoms with Gasteiger partial charge < -0.3 is 10.6 Å². The van der Waals surface area contributed by atoms with Gasteiger partial charge in [0.2, 0.25) is 5.91 Å². The first-order valence-corrected chi connectivity index (χ1v) is 5.85. The number of nitrogens with zero attached hydrogens (tertiary/aromatic N) is 1. The van der Waals surface area contributed by atoms with Crippen molar-refractivity contribution in [2.24, 2.45) is 11.7 Å². The molecule has 1 aromatic rings. The van der Waals surface area contributed by atoms with Gasteiger partial charge in [0.15, 0.2) is 0 Å². The topological polar surface area (TPSA) is 46.3 Å². The van der Waals surface area contributed by atoms with Crippen LogP contribution in [0.3, 0.4) is 0 Å². The highest BCUT2D eigenvalue weighted by Crippen LogP contribution is 2.28. The minimum atomic E-state index is 0.157. The summed E-state index contributed by atoms with van der Waals surface area (Å²) in [6, 6.07) is 8.55. The Balaban J connectivity index is 1.69. The third kappa shape index (κ3) is 1.52. The van der Waals surface area contributed by atoms with E-state index in [1.165, 1.54) is 11.1 Å². The molecule has 3 nitrogen and oxygen atoms in total. The molecule has 16 heavy (non-hydrogen) atoms. The molecule has 0 atom stereocenters. The summed E-state index contributed by atoms with van der Waals surface area (Å²) in [4.78, 5) is 14.0. The smallest absolute Gasteiger partial charge is 0.226 e. The molecule has 0 bridgehead atoms. The molecule has 1 aromatic carbocycles. The van der Waals surface area contributed by atoms with Gasteiger partial charge in [-0.05, 0) is 24.0 Å². The number of likely N-dealkylation sites (tertiary alicyclic amines) is 1. The highest BCUT2D eigenvalue weighted by atomic mass is 16.2. The molecule has 84 valence electrons. The van der Waals surface area contributed by atoms with Gasteiger partial charge in [0.25, 0.3) is 0 Å². The van der Waals surface area contributed by atoms with E-state index in [0.717, 1.165) is 25.9 Å². The van der Waals surface area contributed by atoms with Crippen LogP contribution in [0.2, 0.25) is 0 Å². The van der Waals surface area contributed by atoms with E-state index in [1.807, 2.05) is 17.0 Å². The molecule has 1 saturated heterocycles. The van der Waals surface area contributed by atoms with Gasteiger partial charge in [-0.1, -0.05) is 24.3 Å². The Morgan fingerprint density at radius 1 is 1.19 bits per heavy atom. The number of nitrogens with two attached hydrogens (primary N) is 1. The Morgan fingerprint density at radius 2 is 1.75 bits per heavy atom. The summed E-state index contributed by atoms with van der Waals surface area (Å²) < 4.78 is 0. The number of amides is 1. The fourth-order valence-corrected chi connectivity index (χ4v) is 2.68. The van der Waals surface area contributed by atoms with Crippen molar-refractivity contribution in [2.45, 2.75) is 18.9 Å². The van der Waals surface area contributed by atoms with Gasteiger partial charge >= 0.3 is 0 Å². The molecule has 2 aliphatic rings. The first-order valence-electron chi connectivity index (χ1n) is 5.85.